The fourth-order valence-electron chi connectivity index (χ4n) is 7.60. The van der Waals surface area contributed by atoms with Crippen molar-refractivity contribution < 1.29 is 34.0 Å². The van der Waals surface area contributed by atoms with Gasteiger partial charge in [0.05, 0.1) is 18.8 Å². The summed E-state index contributed by atoms with van der Waals surface area (Å²) in [7, 11) is 4.99. The first-order valence-corrected chi connectivity index (χ1v) is 12.3. The molecule has 4 aliphatic rings. The van der Waals surface area contributed by atoms with E-state index in [0.717, 1.165) is 11.1 Å². The van der Waals surface area contributed by atoms with Gasteiger partial charge in [-0.3, -0.25) is 4.90 Å². The SMILES string of the molecule is COc1ccc2c(c1O)C13CCN(C)C14CC2OC4(O)C(OC)C(OC(=O)C=Cc1ccccc1)C3. The van der Waals surface area contributed by atoms with Gasteiger partial charge in [0.25, 0.3) is 0 Å². The van der Waals surface area contributed by atoms with Crippen molar-refractivity contribution in [3.05, 3.63) is 65.2 Å². The number of benzene rings is 2. The lowest BCUT2D eigenvalue weighted by molar-refractivity contribution is -0.329. The molecule has 2 aliphatic heterocycles. The Morgan fingerprint density at radius 2 is 1.94 bits per heavy atom. The molecule has 2 heterocycles. The molecule has 2 bridgehead atoms. The topological polar surface area (TPSA) is 97.7 Å². The second kappa shape index (κ2) is 8.05. The number of phenolic OH excluding ortho intramolecular Hbond substituents is 1. The van der Waals surface area contributed by atoms with Crippen LogP contribution < -0.4 is 4.74 Å². The number of fused-ring (bicyclic) bond motifs is 3. The molecule has 1 saturated carbocycles. The predicted molar refractivity (Wildman–Crippen MR) is 130 cm³/mol. The smallest absolute Gasteiger partial charge is 0.331 e. The van der Waals surface area contributed by atoms with Gasteiger partial charge in [-0.25, -0.2) is 4.79 Å². The number of nitrogens with zero attached hydrogens (tertiary/aromatic N) is 1. The van der Waals surface area contributed by atoms with E-state index in [0.29, 0.717) is 37.1 Å². The molecule has 6 atom stereocenters. The Kier molecular flexibility index (Phi) is 5.25. The van der Waals surface area contributed by atoms with Crippen molar-refractivity contribution in [2.45, 2.75) is 54.3 Å². The van der Waals surface area contributed by atoms with Crippen molar-refractivity contribution in [1.82, 2.24) is 4.90 Å². The zero-order chi connectivity index (χ0) is 25.3. The first-order chi connectivity index (χ1) is 17.3. The van der Waals surface area contributed by atoms with Gasteiger partial charge in [-0.05, 0) is 49.7 Å². The Morgan fingerprint density at radius 3 is 2.67 bits per heavy atom. The number of carbonyl (C=O) groups excluding carboxylic acids is 1. The number of hydrogen-bond acceptors (Lipinski definition) is 8. The van der Waals surface area contributed by atoms with E-state index in [1.165, 1.54) is 20.3 Å². The highest BCUT2D eigenvalue weighted by atomic mass is 16.7. The van der Waals surface area contributed by atoms with Crippen LogP contribution in [0.3, 0.4) is 0 Å². The maximum atomic E-state index is 12.9. The van der Waals surface area contributed by atoms with E-state index in [9.17, 15) is 15.0 Å². The first kappa shape index (κ1) is 23.5. The number of carbonyl (C=O) groups is 1. The van der Waals surface area contributed by atoms with Crippen molar-refractivity contribution >= 4 is 12.0 Å². The first-order valence-electron chi connectivity index (χ1n) is 12.3. The van der Waals surface area contributed by atoms with Crippen LogP contribution >= 0.6 is 0 Å². The van der Waals surface area contributed by atoms with Crippen LogP contribution in [0.4, 0.5) is 0 Å². The quantitative estimate of drug-likeness (QED) is 0.485. The van der Waals surface area contributed by atoms with Crippen molar-refractivity contribution in [3.8, 4) is 11.5 Å². The number of rotatable bonds is 5. The molecule has 8 heteroatoms. The van der Waals surface area contributed by atoms with Crippen LogP contribution in [0.5, 0.6) is 11.5 Å². The van der Waals surface area contributed by atoms with Crippen LogP contribution in [0.1, 0.15) is 42.1 Å². The summed E-state index contributed by atoms with van der Waals surface area (Å²) in [6, 6.07) is 13.1. The van der Waals surface area contributed by atoms with Crippen molar-refractivity contribution in [3.63, 3.8) is 0 Å². The molecule has 190 valence electrons. The summed E-state index contributed by atoms with van der Waals surface area (Å²) >= 11 is 0. The lowest BCUT2D eigenvalue weighted by atomic mass is 9.50. The van der Waals surface area contributed by atoms with Gasteiger partial charge < -0.3 is 29.2 Å². The molecule has 2 aromatic carbocycles. The van der Waals surface area contributed by atoms with Crippen LogP contribution in [-0.2, 0) is 24.4 Å². The molecule has 6 unspecified atom stereocenters. The third-order valence-electron chi connectivity index (χ3n) is 8.94. The van der Waals surface area contributed by atoms with Crippen LogP contribution in [0.25, 0.3) is 6.08 Å². The van der Waals surface area contributed by atoms with E-state index in [1.54, 1.807) is 12.1 Å². The van der Waals surface area contributed by atoms with Gasteiger partial charge in [0, 0.05) is 30.6 Å². The highest BCUT2D eigenvalue weighted by molar-refractivity contribution is 5.87. The number of hydrogen-bond donors (Lipinski definition) is 2. The third kappa shape index (κ3) is 2.81. The van der Waals surface area contributed by atoms with Gasteiger partial charge in [-0.2, -0.15) is 0 Å². The predicted octanol–water partition coefficient (Wildman–Crippen LogP) is 2.92. The molecule has 2 saturated heterocycles. The monoisotopic (exact) mass is 493 g/mol. The van der Waals surface area contributed by atoms with E-state index >= 15 is 0 Å². The summed E-state index contributed by atoms with van der Waals surface area (Å²) in [5, 5.41) is 23.7. The number of phenols is 1. The van der Waals surface area contributed by atoms with Crippen molar-refractivity contribution in [2.24, 2.45) is 0 Å². The second-order valence-electron chi connectivity index (χ2n) is 10.3. The van der Waals surface area contributed by atoms with E-state index < -0.39 is 41.0 Å². The van der Waals surface area contributed by atoms with Gasteiger partial charge in [0.2, 0.25) is 5.79 Å². The molecular formula is C28H31NO7. The van der Waals surface area contributed by atoms with E-state index in [-0.39, 0.29) is 5.75 Å². The maximum Gasteiger partial charge on any atom is 0.331 e. The third-order valence-corrected chi connectivity index (χ3v) is 8.94. The Balaban J connectivity index is 1.45. The lowest BCUT2D eigenvalue weighted by Crippen LogP contribution is -2.77. The second-order valence-corrected chi connectivity index (χ2v) is 10.3. The number of likely N-dealkylation sites (N-methyl/N-ethyl adjacent to an activating group) is 1. The lowest BCUT2D eigenvalue weighted by Gasteiger charge is -2.60. The number of aliphatic hydroxyl groups is 1. The fourth-order valence-corrected chi connectivity index (χ4v) is 7.60. The molecule has 0 amide bonds. The Labute approximate surface area is 210 Å². The minimum atomic E-state index is -1.76. The molecule has 0 aromatic heterocycles. The Morgan fingerprint density at radius 1 is 1.17 bits per heavy atom. The molecule has 8 nitrogen and oxygen atoms in total. The maximum absolute atomic E-state index is 12.9. The standard InChI is InChI=1S/C28H31NO7/c1-29-14-13-26-15-21(35-22(30)12-9-17-7-5-4-6-8-17)25(34-3)28(32)27(26,29)16-20(36-28)18-10-11-19(33-2)24(31)23(18)26/h4-12,20-21,25,31-32H,13-16H2,1-3H3. The fraction of sp³-hybridized carbons (Fsp3) is 0.464. The number of ether oxygens (including phenoxy) is 4. The molecule has 2 N–H and O–H groups in total. The van der Waals surface area contributed by atoms with E-state index in [1.807, 2.05) is 43.4 Å². The molecule has 3 fully saturated rings. The average molecular weight is 494 g/mol. The largest absolute Gasteiger partial charge is 0.504 e. The van der Waals surface area contributed by atoms with Crippen molar-refractivity contribution in [1.29, 1.82) is 0 Å². The van der Waals surface area contributed by atoms with Gasteiger partial charge in [-0.15, -0.1) is 0 Å². The molecule has 2 aliphatic carbocycles. The zero-order valence-corrected chi connectivity index (χ0v) is 20.6. The number of esters is 1. The highest BCUT2D eigenvalue weighted by Gasteiger charge is 2.82. The van der Waals surface area contributed by atoms with Gasteiger partial charge in [0.15, 0.2) is 11.5 Å². The van der Waals surface area contributed by atoms with Crippen LogP contribution in [0.2, 0.25) is 0 Å². The molecule has 2 aromatic rings. The van der Waals surface area contributed by atoms with Gasteiger partial charge in [-0.1, -0.05) is 36.4 Å². The van der Waals surface area contributed by atoms with Gasteiger partial charge in [0.1, 0.15) is 12.2 Å². The van der Waals surface area contributed by atoms with Gasteiger partial charge >= 0.3 is 5.97 Å². The van der Waals surface area contributed by atoms with Crippen LogP contribution in [0, 0.1) is 0 Å². The molecule has 1 spiro atoms. The number of aromatic hydroxyl groups is 1. The molecule has 6 rings (SSSR count). The summed E-state index contributed by atoms with van der Waals surface area (Å²) in [5.74, 6) is -1.88. The normalized spacial score (nSPS) is 36.5. The Hall–Kier alpha value is -2.91. The van der Waals surface area contributed by atoms with Crippen molar-refractivity contribution in [2.75, 3.05) is 27.8 Å². The van der Waals surface area contributed by atoms with E-state index in [2.05, 4.69) is 4.90 Å². The van der Waals surface area contributed by atoms with E-state index in [4.69, 9.17) is 18.9 Å². The minimum absolute atomic E-state index is 0.0529. The Bertz CT molecular complexity index is 1230. The average Bonchev–Trinajstić information content (AvgIpc) is 3.35. The summed E-state index contributed by atoms with van der Waals surface area (Å²) in [6.07, 6.45) is 2.48. The summed E-state index contributed by atoms with van der Waals surface area (Å²) in [5.41, 5.74) is 0.833. The van der Waals surface area contributed by atoms with Crippen LogP contribution in [-0.4, -0.2) is 72.4 Å². The number of methoxy groups -OCH3 is 2. The number of likely N-dealkylation sites (tertiary alicyclic amines) is 1. The van der Waals surface area contributed by atoms with Crippen LogP contribution in [0.15, 0.2) is 48.5 Å². The highest BCUT2D eigenvalue weighted by Crippen LogP contribution is 2.72. The summed E-state index contributed by atoms with van der Waals surface area (Å²) in [4.78, 5) is 15.1. The molecular weight excluding hydrogens is 462 g/mol. The zero-order valence-electron chi connectivity index (χ0n) is 20.6. The minimum Gasteiger partial charge on any atom is -0.504 e. The summed E-state index contributed by atoms with van der Waals surface area (Å²) < 4.78 is 23.7. The summed E-state index contributed by atoms with van der Waals surface area (Å²) in [6.45, 7) is 0.680. The molecule has 0 radical (unpaired) electrons. The molecule has 36 heavy (non-hydrogen) atoms.